The summed E-state index contributed by atoms with van der Waals surface area (Å²) in [4.78, 5) is 17.5. The van der Waals surface area contributed by atoms with Crippen LogP contribution in [0.3, 0.4) is 0 Å². The van der Waals surface area contributed by atoms with Gasteiger partial charge < -0.3 is 10.4 Å². The van der Waals surface area contributed by atoms with Crippen molar-refractivity contribution in [3.63, 3.8) is 0 Å². The molecule has 140 valence electrons. The van der Waals surface area contributed by atoms with Crippen LogP contribution in [0, 0.1) is 15.2 Å². The average molecular weight is 497 g/mol. The lowest BCUT2D eigenvalue weighted by Gasteiger charge is -2.16. The molecular weight excluding hydrogens is 481 g/mol. The highest BCUT2D eigenvalue weighted by atomic mass is 127. The Morgan fingerprint density at radius 3 is 2.65 bits per heavy atom. The first kappa shape index (κ1) is 20.8. The topological polar surface area (TPSA) is 70.6 Å². The number of carbonyl (C=O) groups is 1. The van der Waals surface area contributed by atoms with Crippen LogP contribution >= 0.6 is 34.2 Å². The zero-order valence-corrected chi connectivity index (χ0v) is 16.6. The highest BCUT2D eigenvalue weighted by Gasteiger charge is 2.18. The predicted octanol–water partition coefficient (Wildman–Crippen LogP) is 4.40. The van der Waals surface area contributed by atoms with Crippen LogP contribution in [0.15, 0.2) is 30.3 Å². The molecule has 0 bridgehead atoms. The molecule has 0 saturated heterocycles. The molecule has 0 fully saturated rings. The van der Waals surface area contributed by atoms with Crippen LogP contribution < -0.4 is 10.8 Å². The zero-order valence-electron chi connectivity index (χ0n) is 13.7. The lowest BCUT2D eigenvalue weighted by Crippen LogP contribution is -2.29. The maximum atomic E-state index is 14.1. The summed E-state index contributed by atoms with van der Waals surface area (Å²) < 4.78 is 28.6. The molecule has 0 aliphatic carbocycles. The number of hydroxylamine groups is 1. The van der Waals surface area contributed by atoms with Gasteiger partial charge in [-0.05, 0) is 66.3 Å². The van der Waals surface area contributed by atoms with E-state index in [1.165, 1.54) is 12.1 Å². The SMILES string of the molecule is CC(CCO)ONC(=O)c1cc(Cl)c(F)cc1Nc1ccc(I)cc1F. The number of aliphatic hydroxyl groups excluding tert-OH is 1. The van der Waals surface area contributed by atoms with Crippen molar-refractivity contribution >= 4 is 51.5 Å². The Morgan fingerprint density at radius 2 is 2.00 bits per heavy atom. The first-order chi connectivity index (χ1) is 12.3. The number of anilines is 2. The Morgan fingerprint density at radius 1 is 1.27 bits per heavy atom. The normalized spacial score (nSPS) is 11.9. The fourth-order valence-electron chi connectivity index (χ4n) is 2.02. The van der Waals surface area contributed by atoms with E-state index in [0.717, 1.165) is 12.1 Å². The predicted molar refractivity (Wildman–Crippen MR) is 104 cm³/mol. The van der Waals surface area contributed by atoms with Crippen LogP contribution in [0.4, 0.5) is 20.2 Å². The van der Waals surface area contributed by atoms with Gasteiger partial charge in [-0.15, -0.1) is 0 Å². The van der Waals surface area contributed by atoms with Gasteiger partial charge in [-0.25, -0.2) is 14.3 Å². The molecule has 2 aromatic carbocycles. The molecule has 1 atom stereocenters. The van der Waals surface area contributed by atoms with E-state index in [1.807, 2.05) is 22.6 Å². The van der Waals surface area contributed by atoms with Gasteiger partial charge in [-0.2, -0.15) is 0 Å². The third-order valence-electron chi connectivity index (χ3n) is 3.39. The Balaban J connectivity index is 2.28. The molecule has 0 heterocycles. The number of halogens is 4. The summed E-state index contributed by atoms with van der Waals surface area (Å²) in [7, 11) is 0. The van der Waals surface area contributed by atoms with Gasteiger partial charge in [-0.3, -0.25) is 9.63 Å². The van der Waals surface area contributed by atoms with E-state index >= 15 is 0 Å². The largest absolute Gasteiger partial charge is 0.396 e. The van der Waals surface area contributed by atoms with Crippen molar-refractivity contribution < 1.29 is 23.5 Å². The minimum absolute atomic E-state index is 0.0226. The van der Waals surface area contributed by atoms with Crippen molar-refractivity contribution in [2.75, 3.05) is 11.9 Å². The Labute approximate surface area is 167 Å². The monoisotopic (exact) mass is 496 g/mol. The number of benzene rings is 2. The van der Waals surface area contributed by atoms with Gasteiger partial charge in [0.1, 0.15) is 11.6 Å². The molecule has 0 aliphatic rings. The third-order valence-corrected chi connectivity index (χ3v) is 4.35. The van der Waals surface area contributed by atoms with Crippen LogP contribution in [-0.2, 0) is 4.84 Å². The van der Waals surface area contributed by atoms with Gasteiger partial charge >= 0.3 is 0 Å². The number of aliphatic hydroxyl groups is 1. The van der Waals surface area contributed by atoms with Crippen molar-refractivity contribution in [2.45, 2.75) is 19.4 Å². The van der Waals surface area contributed by atoms with Crippen LogP contribution in [0.2, 0.25) is 5.02 Å². The van der Waals surface area contributed by atoms with Gasteiger partial charge in [0.15, 0.2) is 0 Å². The standard InChI is InChI=1S/C17H16ClF2IN2O3/c1-9(4-5-24)26-23-17(25)11-7-12(18)13(19)8-16(11)22-15-3-2-10(21)6-14(15)20/h2-3,6-9,22,24H,4-5H2,1H3,(H,23,25). The molecule has 0 spiro atoms. The van der Waals surface area contributed by atoms with Crippen molar-refractivity contribution in [3.8, 4) is 0 Å². The van der Waals surface area contributed by atoms with Gasteiger partial charge in [0.05, 0.1) is 28.1 Å². The smallest absolute Gasteiger partial charge is 0.277 e. The lowest BCUT2D eigenvalue weighted by atomic mass is 10.1. The second-order valence-electron chi connectivity index (χ2n) is 5.43. The molecule has 5 nitrogen and oxygen atoms in total. The minimum Gasteiger partial charge on any atom is -0.396 e. The van der Waals surface area contributed by atoms with E-state index < -0.39 is 23.6 Å². The summed E-state index contributed by atoms with van der Waals surface area (Å²) in [5, 5.41) is 11.3. The number of hydrogen-bond donors (Lipinski definition) is 3. The summed E-state index contributed by atoms with van der Waals surface area (Å²) in [6, 6.07) is 6.57. The van der Waals surface area contributed by atoms with Gasteiger partial charge in [0.25, 0.3) is 5.91 Å². The maximum Gasteiger partial charge on any atom is 0.277 e. The average Bonchev–Trinajstić information content (AvgIpc) is 2.58. The number of carbonyl (C=O) groups excluding carboxylic acids is 1. The molecule has 1 amide bonds. The van der Waals surface area contributed by atoms with E-state index in [9.17, 15) is 13.6 Å². The fourth-order valence-corrected chi connectivity index (χ4v) is 2.64. The molecule has 9 heteroatoms. The van der Waals surface area contributed by atoms with Crippen LogP contribution in [0.1, 0.15) is 23.7 Å². The fraction of sp³-hybridized carbons (Fsp3) is 0.235. The molecule has 2 rings (SSSR count). The molecular formula is C17H16ClF2IN2O3. The quantitative estimate of drug-likeness (QED) is 0.393. The van der Waals surface area contributed by atoms with Gasteiger partial charge in [0, 0.05) is 10.2 Å². The molecule has 2 aromatic rings. The number of nitrogens with one attached hydrogen (secondary N) is 2. The molecule has 0 aromatic heterocycles. The lowest BCUT2D eigenvalue weighted by molar-refractivity contribution is -0.0167. The number of rotatable bonds is 7. The Kier molecular flexibility index (Phi) is 7.56. The second-order valence-corrected chi connectivity index (χ2v) is 7.09. The highest BCUT2D eigenvalue weighted by molar-refractivity contribution is 14.1. The molecule has 0 radical (unpaired) electrons. The first-order valence-electron chi connectivity index (χ1n) is 7.59. The highest BCUT2D eigenvalue weighted by Crippen LogP contribution is 2.28. The van der Waals surface area contributed by atoms with E-state index in [1.54, 1.807) is 13.0 Å². The van der Waals surface area contributed by atoms with E-state index in [0.29, 0.717) is 9.99 Å². The number of hydrogen-bond acceptors (Lipinski definition) is 4. The van der Waals surface area contributed by atoms with E-state index in [4.69, 9.17) is 21.5 Å². The second kappa shape index (κ2) is 9.45. The van der Waals surface area contributed by atoms with Crippen molar-refractivity contribution in [1.82, 2.24) is 5.48 Å². The summed E-state index contributed by atoms with van der Waals surface area (Å²) >= 11 is 7.73. The van der Waals surface area contributed by atoms with Crippen LogP contribution in [0.25, 0.3) is 0 Å². The Bertz CT molecular complexity index is 808. The molecule has 3 N–H and O–H groups in total. The van der Waals surface area contributed by atoms with Crippen LogP contribution in [0.5, 0.6) is 0 Å². The summed E-state index contributed by atoms with van der Waals surface area (Å²) in [5.74, 6) is -2.00. The summed E-state index contributed by atoms with van der Waals surface area (Å²) in [6.45, 7) is 1.56. The summed E-state index contributed by atoms with van der Waals surface area (Å²) in [6.07, 6.45) is -0.103. The van der Waals surface area contributed by atoms with Crippen LogP contribution in [-0.4, -0.2) is 23.7 Å². The number of amides is 1. The Hall–Kier alpha value is -1.49. The van der Waals surface area contributed by atoms with Crippen molar-refractivity contribution in [1.29, 1.82) is 0 Å². The summed E-state index contributed by atoms with van der Waals surface area (Å²) in [5.41, 5.74) is 2.30. The molecule has 0 aliphatic heterocycles. The van der Waals surface area contributed by atoms with E-state index in [2.05, 4.69) is 10.8 Å². The first-order valence-corrected chi connectivity index (χ1v) is 9.05. The maximum absolute atomic E-state index is 14.1. The molecule has 1 unspecified atom stereocenters. The van der Waals surface area contributed by atoms with Gasteiger partial charge in [-0.1, -0.05) is 11.6 Å². The van der Waals surface area contributed by atoms with Crippen molar-refractivity contribution in [2.24, 2.45) is 0 Å². The molecule has 0 saturated carbocycles. The molecule has 26 heavy (non-hydrogen) atoms. The zero-order chi connectivity index (χ0) is 19.3. The van der Waals surface area contributed by atoms with E-state index in [-0.39, 0.29) is 28.6 Å². The third kappa shape index (κ3) is 5.50. The minimum atomic E-state index is -0.758. The van der Waals surface area contributed by atoms with Gasteiger partial charge in [0.2, 0.25) is 0 Å². The van der Waals surface area contributed by atoms with Crippen molar-refractivity contribution in [3.05, 3.63) is 56.1 Å².